The van der Waals surface area contributed by atoms with E-state index in [1.807, 2.05) is 12.1 Å². The summed E-state index contributed by atoms with van der Waals surface area (Å²) in [7, 11) is 0. The number of aliphatic hydroxyl groups is 1. The van der Waals surface area contributed by atoms with Gasteiger partial charge in [0.15, 0.2) is 5.82 Å². The maximum absolute atomic E-state index is 9.46. The van der Waals surface area contributed by atoms with Crippen LogP contribution in [0.5, 0.6) is 0 Å². The lowest BCUT2D eigenvalue weighted by Crippen LogP contribution is -2.36. The lowest BCUT2D eigenvalue weighted by Gasteiger charge is -2.30. The fraction of sp³-hybridized carbons (Fsp3) is 0.692. The van der Waals surface area contributed by atoms with E-state index in [9.17, 15) is 5.11 Å². The van der Waals surface area contributed by atoms with Crippen molar-refractivity contribution >= 4 is 5.82 Å². The van der Waals surface area contributed by atoms with Gasteiger partial charge in [0.1, 0.15) is 0 Å². The minimum atomic E-state index is -0.145. The maximum Gasteiger partial charge on any atom is 0.151 e. The maximum atomic E-state index is 9.46. The normalized spacial score (nSPS) is 18.5. The Morgan fingerprint density at radius 3 is 2.29 bits per heavy atom. The van der Waals surface area contributed by atoms with Crippen molar-refractivity contribution < 1.29 is 5.11 Å². The lowest BCUT2D eigenvalue weighted by atomic mass is 9.92. The summed E-state index contributed by atoms with van der Waals surface area (Å²) in [6.45, 7) is 8.13. The van der Waals surface area contributed by atoms with Crippen molar-refractivity contribution in [3.63, 3.8) is 0 Å². The summed E-state index contributed by atoms with van der Waals surface area (Å²) >= 11 is 0. The van der Waals surface area contributed by atoms with E-state index in [0.29, 0.717) is 0 Å². The predicted molar refractivity (Wildman–Crippen MR) is 68.2 cm³/mol. The van der Waals surface area contributed by atoms with Gasteiger partial charge >= 0.3 is 0 Å². The Morgan fingerprint density at radius 2 is 1.82 bits per heavy atom. The molecule has 94 valence electrons. The van der Waals surface area contributed by atoms with Gasteiger partial charge in [-0.3, -0.25) is 0 Å². The van der Waals surface area contributed by atoms with Gasteiger partial charge in [-0.2, -0.15) is 5.10 Å². The first-order valence-corrected chi connectivity index (χ1v) is 6.24. The Kier molecular flexibility index (Phi) is 3.33. The molecule has 2 heterocycles. The van der Waals surface area contributed by atoms with Crippen molar-refractivity contribution in [1.29, 1.82) is 0 Å². The fourth-order valence-electron chi connectivity index (χ4n) is 1.99. The van der Waals surface area contributed by atoms with E-state index in [1.54, 1.807) is 0 Å². The molecule has 4 nitrogen and oxygen atoms in total. The molecule has 4 heteroatoms. The zero-order valence-corrected chi connectivity index (χ0v) is 10.8. The van der Waals surface area contributed by atoms with Crippen LogP contribution in [0.2, 0.25) is 0 Å². The van der Waals surface area contributed by atoms with Crippen LogP contribution in [0, 0.1) is 0 Å². The lowest BCUT2D eigenvalue weighted by molar-refractivity contribution is 0.145. The second-order valence-electron chi connectivity index (χ2n) is 5.74. The molecule has 1 aromatic heterocycles. The van der Waals surface area contributed by atoms with E-state index in [2.05, 4.69) is 35.9 Å². The molecule has 0 saturated carbocycles. The molecule has 1 aromatic rings. The molecule has 1 saturated heterocycles. The second kappa shape index (κ2) is 4.61. The van der Waals surface area contributed by atoms with E-state index in [1.165, 1.54) is 0 Å². The highest BCUT2D eigenvalue weighted by Crippen LogP contribution is 2.22. The highest BCUT2D eigenvalue weighted by Gasteiger charge is 2.20. The molecule has 0 atom stereocenters. The summed E-state index contributed by atoms with van der Waals surface area (Å²) in [4.78, 5) is 2.19. The molecule has 1 N–H and O–H groups in total. The van der Waals surface area contributed by atoms with Crippen molar-refractivity contribution in [1.82, 2.24) is 10.2 Å². The van der Waals surface area contributed by atoms with Crippen LogP contribution in [-0.2, 0) is 5.41 Å². The highest BCUT2D eigenvalue weighted by molar-refractivity contribution is 5.38. The summed E-state index contributed by atoms with van der Waals surface area (Å²) < 4.78 is 0. The van der Waals surface area contributed by atoms with Gasteiger partial charge in [-0.1, -0.05) is 20.8 Å². The molecule has 0 unspecified atom stereocenters. The first kappa shape index (κ1) is 12.3. The van der Waals surface area contributed by atoms with Gasteiger partial charge in [0.2, 0.25) is 0 Å². The number of rotatable bonds is 1. The van der Waals surface area contributed by atoms with Gasteiger partial charge in [0, 0.05) is 18.5 Å². The van der Waals surface area contributed by atoms with Gasteiger partial charge in [0.05, 0.1) is 11.8 Å². The van der Waals surface area contributed by atoms with Crippen molar-refractivity contribution in [2.24, 2.45) is 0 Å². The third kappa shape index (κ3) is 2.94. The van der Waals surface area contributed by atoms with Crippen LogP contribution in [0.3, 0.4) is 0 Å². The number of hydrogen-bond acceptors (Lipinski definition) is 4. The number of hydrogen-bond donors (Lipinski definition) is 1. The molecule has 1 aliphatic rings. The highest BCUT2D eigenvalue weighted by atomic mass is 16.3. The van der Waals surface area contributed by atoms with Gasteiger partial charge in [-0.25, -0.2) is 0 Å². The first-order chi connectivity index (χ1) is 7.97. The zero-order valence-electron chi connectivity index (χ0n) is 10.8. The molecular weight excluding hydrogens is 214 g/mol. The van der Waals surface area contributed by atoms with Crippen molar-refractivity contribution in [3.8, 4) is 0 Å². The minimum absolute atomic E-state index is 0.0453. The van der Waals surface area contributed by atoms with E-state index in [0.717, 1.165) is 37.4 Å². The predicted octanol–water partition coefficient (Wildman–Crippen LogP) is 1.74. The van der Waals surface area contributed by atoms with Crippen LogP contribution < -0.4 is 4.90 Å². The summed E-state index contributed by atoms with van der Waals surface area (Å²) in [6.07, 6.45) is 1.50. The molecule has 17 heavy (non-hydrogen) atoms. The van der Waals surface area contributed by atoms with E-state index >= 15 is 0 Å². The summed E-state index contributed by atoms with van der Waals surface area (Å²) in [5.74, 6) is 0.921. The zero-order chi connectivity index (χ0) is 12.5. The molecule has 0 aliphatic carbocycles. The quantitative estimate of drug-likeness (QED) is 0.805. The molecule has 1 fully saturated rings. The molecule has 2 rings (SSSR count). The van der Waals surface area contributed by atoms with Crippen LogP contribution in [0.1, 0.15) is 39.3 Å². The third-order valence-electron chi connectivity index (χ3n) is 3.21. The Morgan fingerprint density at radius 1 is 1.18 bits per heavy atom. The molecule has 0 bridgehead atoms. The standard InChI is InChI=1S/C13H21N3O/c1-13(2,3)11-4-5-12(15-14-11)16-8-6-10(17)7-9-16/h4-5,10,17H,6-9H2,1-3H3. The number of piperidine rings is 1. The number of anilines is 1. The molecule has 1 aliphatic heterocycles. The van der Waals surface area contributed by atoms with Crippen LogP contribution >= 0.6 is 0 Å². The SMILES string of the molecule is CC(C)(C)c1ccc(N2CCC(O)CC2)nn1. The van der Waals surface area contributed by atoms with Crippen molar-refractivity contribution in [2.75, 3.05) is 18.0 Å². The Labute approximate surface area is 103 Å². The molecule has 0 spiro atoms. The third-order valence-corrected chi connectivity index (χ3v) is 3.21. The van der Waals surface area contributed by atoms with Gasteiger partial charge in [-0.15, -0.1) is 5.10 Å². The second-order valence-corrected chi connectivity index (χ2v) is 5.74. The summed E-state index contributed by atoms with van der Waals surface area (Å²) in [5.41, 5.74) is 1.06. The Bertz CT molecular complexity index is 361. The average molecular weight is 235 g/mol. The molecular formula is C13H21N3O. The van der Waals surface area contributed by atoms with Crippen molar-refractivity contribution in [2.45, 2.75) is 45.1 Å². The fourth-order valence-corrected chi connectivity index (χ4v) is 1.99. The number of aromatic nitrogens is 2. The summed E-state index contributed by atoms with van der Waals surface area (Å²) in [5, 5.41) is 18.0. The first-order valence-electron chi connectivity index (χ1n) is 6.24. The van der Waals surface area contributed by atoms with Crippen LogP contribution in [0.15, 0.2) is 12.1 Å². The molecule has 0 radical (unpaired) electrons. The average Bonchev–Trinajstić information content (AvgIpc) is 2.29. The molecule has 0 amide bonds. The topological polar surface area (TPSA) is 49.2 Å². The van der Waals surface area contributed by atoms with Gasteiger partial charge < -0.3 is 10.0 Å². The largest absolute Gasteiger partial charge is 0.393 e. The number of aliphatic hydroxyl groups excluding tert-OH is 1. The monoisotopic (exact) mass is 235 g/mol. The van der Waals surface area contributed by atoms with Crippen molar-refractivity contribution in [3.05, 3.63) is 17.8 Å². The number of nitrogens with zero attached hydrogens (tertiary/aromatic N) is 3. The van der Waals surface area contributed by atoms with E-state index in [4.69, 9.17) is 0 Å². The Hall–Kier alpha value is -1.16. The van der Waals surface area contributed by atoms with Crippen LogP contribution in [0.4, 0.5) is 5.82 Å². The van der Waals surface area contributed by atoms with E-state index in [-0.39, 0.29) is 11.5 Å². The van der Waals surface area contributed by atoms with Gasteiger partial charge in [-0.05, 0) is 25.0 Å². The Balaban J connectivity index is 2.08. The van der Waals surface area contributed by atoms with Gasteiger partial charge in [0.25, 0.3) is 0 Å². The molecule has 0 aromatic carbocycles. The smallest absolute Gasteiger partial charge is 0.151 e. The summed E-state index contributed by atoms with van der Waals surface area (Å²) in [6, 6.07) is 4.08. The van der Waals surface area contributed by atoms with E-state index < -0.39 is 0 Å². The minimum Gasteiger partial charge on any atom is -0.393 e. The van der Waals surface area contributed by atoms with Crippen LogP contribution in [-0.4, -0.2) is 34.5 Å². The van der Waals surface area contributed by atoms with Crippen LogP contribution in [0.25, 0.3) is 0 Å².